The molecule has 0 radical (unpaired) electrons. The molecule has 1 aromatic heterocycles. The van der Waals surface area contributed by atoms with Crippen LogP contribution in [-0.4, -0.2) is 48.3 Å². The van der Waals surface area contributed by atoms with Crippen molar-refractivity contribution in [2.75, 3.05) is 25.0 Å². The van der Waals surface area contributed by atoms with Crippen molar-refractivity contribution in [2.45, 2.75) is 38.0 Å². The zero-order chi connectivity index (χ0) is 19.4. The fraction of sp³-hybridized carbons (Fsp3) is 0.500. The molecule has 0 aliphatic carbocycles. The summed E-state index contributed by atoms with van der Waals surface area (Å²) >= 11 is 1.41. The first-order valence-corrected chi connectivity index (χ1v) is 11.4. The lowest BCUT2D eigenvalue weighted by Crippen LogP contribution is -2.37. The van der Waals surface area contributed by atoms with Gasteiger partial charge in [0.15, 0.2) is 5.78 Å². The van der Waals surface area contributed by atoms with Gasteiger partial charge >= 0.3 is 0 Å². The minimum atomic E-state index is -3.57. The molecule has 0 unspecified atom stereocenters. The molecule has 0 amide bonds. The van der Waals surface area contributed by atoms with Crippen LogP contribution < -0.4 is 5.32 Å². The van der Waals surface area contributed by atoms with Gasteiger partial charge in [0.1, 0.15) is 5.01 Å². The molecule has 7 nitrogen and oxygen atoms in total. The van der Waals surface area contributed by atoms with E-state index in [4.69, 9.17) is 0 Å². The summed E-state index contributed by atoms with van der Waals surface area (Å²) < 4.78 is 27.2. The van der Waals surface area contributed by atoms with Crippen LogP contribution in [0, 0.1) is 5.92 Å². The van der Waals surface area contributed by atoms with Crippen molar-refractivity contribution < 1.29 is 13.2 Å². The third-order valence-electron chi connectivity index (χ3n) is 4.71. The Kier molecular flexibility index (Phi) is 6.23. The number of nitrogens with zero attached hydrogens (tertiary/aromatic N) is 3. The van der Waals surface area contributed by atoms with E-state index < -0.39 is 10.0 Å². The van der Waals surface area contributed by atoms with E-state index in [1.54, 1.807) is 18.2 Å². The first kappa shape index (κ1) is 19.9. The molecular formula is C18H24N4O3S2. The van der Waals surface area contributed by atoms with Gasteiger partial charge in [0, 0.05) is 18.7 Å². The van der Waals surface area contributed by atoms with Crippen LogP contribution in [0.3, 0.4) is 0 Å². The normalized spacial score (nSPS) is 16.4. The van der Waals surface area contributed by atoms with Gasteiger partial charge in [-0.3, -0.25) is 4.79 Å². The molecule has 2 heterocycles. The van der Waals surface area contributed by atoms with Crippen molar-refractivity contribution in [3.05, 3.63) is 34.8 Å². The number of aryl methyl sites for hydroxylation is 1. The van der Waals surface area contributed by atoms with Crippen LogP contribution in [0.2, 0.25) is 0 Å². The van der Waals surface area contributed by atoms with Gasteiger partial charge in [-0.05, 0) is 37.3 Å². The van der Waals surface area contributed by atoms with Gasteiger partial charge in [0.05, 0.1) is 11.4 Å². The molecule has 0 atom stereocenters. The third-order valence-corrected chi connectivity index (χ3v) is 7.63. The van der Waals surface area contributed by atoms with E-state index in [1.807, 2.05) is 6.92 Å². The molecule has 1 aliphatic rings. The summed E-state index contributed by atoms with van der Waals surface area (Å²) in [6.45, 7) is 5.23. The van der Waals surface area contributed by atoms with Gasteiger partial charge in [0.25, 0.3) is 0 Å². The highest BCUT2D eigenvalue weighted by molar-refractivity contribution is 7.89. The SMILES string of the molecule is CCc1nnc(NCC(=O)c2cccc(S(=O)(=O)N3CCC(C)CC3)c2)s1. The number of rotatable bonds is 7. The largest absolute Gasteiger partial charge is 0.353 e. The average Bonchev–Trinajstić information content (AvgIpc) is 3.14. The Morgan fingerprint density at radius 3 is 2.70 bits per heavy atom. The van der Waals surface area contributed by atoms with Gasteiger partial charge in [-0.25, -0.2) is 8.42 Å². The number of sulfonamides is 1. The number of carbonyl (C=O) groups excluding carboxylic acids is 1. The molecular weight excluding hydrogens is 384 g/mol. The van der Waals surface area contributed by atoms with Crippen molar-refractivity contribution in [3.63, 3.8) is 0 Å². The van der Waals surface area contributed by atoms with Crippen LogP contribution in [0.4, 0.5) is 5.13 Å². The first-order chi connectivity index (χ1) is 12.9. The second-order valence-electron chi connectivity index (χ2n) is 6.75. The number of aromatic nitrogens is 2. The molecule has 2 aromatic rings. The molecule has 27 heavy (non-hydrogen) atoms. The Hall–Kier alpha value is -1.84. The van der Waals surface area contributed by atoms with Gasteiger partial charge in [-0.1, -0.05) is 37.3 Å². The maximum absolute atomic E-state index is 12.9. The second-order valence-corrected chi connectivity index (χ2v) is 9.75. The summed E-state index contributed by atoms with van der Waals surface area (Å²) in [7, 11) is -3.57. The summed E-state index contributed by atoms with van der Waals surface area (Å²) in [5.41, 5.74) is 0.370. The van der Waals surface area contributed by atoms with E-state index in [0.29, 0.717) is 29.7 Å². The third kappa shape index (κ3) is 4.72. The van der Waals surface area contributed by atoms with Crippen LogP contribution in [0.5, 0.6) is 0 Å². The van der Waals surface area contributed by atoms with Crippen LogP contribution >= 0.6 is 11.3 Å². The summed E-state index contributed by atoms with van der Waals surface area (Å²) in [4.78, 5) is 12.7. The average molecular weight is 409 g/mol. The van der Waals surface area contributed by atoms with E-state index in [-0.39, 0.29) is 17.2 Å². The van der Waals surface area contributed by atoms with Crippen molar-refractivity contribution >= 4 is 32.3 Å². The maximum atomic E-state index is 12.9. The number of ketones is 1. The number of anilines is 1. The lowest BCUT2D eigenvalue weighted by molar-refractivity contribution is 0.101. The summed E-state index contributed by atoms with van der Waals surface area (Å²) in [6, 6.07) is 6.27. The maximum Gasteiger partial charge on any atom is 0.243 e. The number of hydrogen-bond acceptors (Lipinski definition) is 7. The van der Waals surface area contributed by atoms with Gasteiger partial charge < -0.3 is 5.32 Å². The van der Waals surface area contributed by atoms with Crippen molar-refractivity contribution in [2.24, 2.45) is 5.92 Å². The number of piperidine rings is 1. The Balaban J connectivity index is 1.69. The Labute approximate surface area is 163 Å². The van der Waals surface area contributed by atoms with Crippen molar-refractivity contribution in [1.82, 2.24) is 14.5 Å². The minimum Gasteiger partial charge on any atom is -0.353 e. The number of nitrogens with one attached hydrogen (secondary N) is 1. The van der Waals surface area contributed by atoms with E-state index in [2.05, 4.69) is 22.4 Å². The van der Waals surface area contributed by atoms with Crippen LogP contribution in [0.25, 0.3) is 0 Å². The monoisotopic (exact) mass is 408 g/mol. The summed E-state index contributed by atoms with van der Waals surface area (Å²) in [5.74, 6) is 0.358. The van der Waals surface area contributed by atoms with E-state index in [9.17, 15) is 13.2 Å². The van der Waals surface area contributed by atoms with Gasteiger partial charge in [-0.2, -0.15) is 4.31 Å². The van der Waals surface area contributed by atoms with Gasteiger partial charge in [0.2, 0.25) is 15.2 Å². The number of carbonyl (C=O) groups is 1. The summed E-state index contributed by atoms with van der Waals surface area (Å²) in [5, 5.41) is 12.4. The molecule has 1 aliphatic heterocycles. The molecule has 0 spiro atoms. The van der Waals surface area contributed by atoms with Crippen LogP contribution in [0.1, 0.15) is 42.1 Å². The molecule has 1 aromatic carbocycles. The minimum absolute atomic E-state index is 0.0447. The zero-order valence-electron chi connectivity index (χ0n) is 15.5. The molecule has 1 N–H and O–H groups in total. The topological polar surface area (TPSA) is 92.3 Å². The number of Topliss-reactive ketones (excluding diaryl/α,β-unsaturated/α-hetero) is 1. The molecule has 0 bridgehead atoms. The Morgan fingerprint density at radius 2 is 2.04 bits per heavy atom. The molecule has 1 fully saturated rings. The first-order valence-electron chi connectivity index (χ1n) is 9.10. The Bertz CT molecular complexity index is 903. The quantitative estimate of drug-likeness (QED) is 0.708. The van der Waals surface area contributed by atoms with Gasteiger partial charge in [-0.15, -0.1) is 10.2 Å². The van der Waals surface area contributed by atoms with E-state index >= 15 is 0 Å². The lowest BCUT2D eigenvalue weighted by Gasteiger charge is -2.29. The van der Waals surface area contributed by atoms with Crippen LogP contribution in [0.15, 0.2) is 29.2 Å². The molecule has 146 valence electrons. The molecule has 3 rings (SSSR count). The highest BCUT2D eigenvalue weighted by Gasteiger charge is 2.28. The zero-order valence-corrected chi connectivity index (χ0v) is 17.1. The summed E-state index contributed by atoms with van der Waals surface area (Å²) in [6.07, 6.45) is 2.52. The predicted molar refractivity (Wildman–Crippen MR) is 106 cm³/mol. The fourth-order valence-electron chi connectivity index (χ4n) is 2.93. The fourth-order valence-corrected chi connectivity index (χ4v) is 5.12. The number of hydrogen-bond donors (Lipinski definition) is 1. The van der Waals surface area contributed by atoms with E-state index in [0.717, 1.165) is 24.3 Å². The standard InChI is InChI=1S/C18H24N4O3S2/c1-3-17-20-21-18(26-17)19-12-16(23)14-5-4-6-15(11-14)27(24,25)22-9-7-13(2)8-10-22/h4-6,11,13H,3,7-10,12H2,1-2H3,(H,19,21). The predicted octanol–water partition coefficient (Wildman–Crippen LogP) is 2.82. The van der Waals surface area contributed by atoms with E-state index in [1.165, 1.54) is 21.7 Å². The molecule has 9 heteroatoms. The molecule has 1 saturated heterocycles. The smallest absolute Gasteiger partial charge is 0.243 e. The van der Waals surface area contributed by atoms with Crippen molar-refractivity contribution in [1.29, 1.82) is 0 Å². The highest BCUT2D eigenvalue weighted by atomic mass is 32.2. The van der Waals surface area contributed by atoms with Crippen LogP contribution in [-0.2, 0) is 16.4 Å². The Morgan fingerprint density at radius 1 is 1.30 bits per heavy atom. The van der Waals surface area contributed by atoms with Crippen molar-refractivity contribution in [3.8, 4) is 0 Å². The lowest BCUT2D eigenvalue weighted by atomic mass is 10.0. The number of benzene rings is 1. The second kappa shape index (κ2) is 8.45. The molecule has 0 saturated carbocycles. The highest BCUT2D eigenvalue weighted by Crippen LogP contribution is 2.24.